The van der Waals surface area contributed by atoms with Crippen LogP contribution in [-0.2, 0) is 14.3 Å². The van der Waals surface area contributed by atoms with Crippen molar-refractivity contribution in [1.29, 1.82) is 0 Å². The van der Waals surface area contributed by atoms with Crippen molar-refractivity contribution in [2.45, 2.75) is 44.2 Å². The molecule has 4 rings (SSSR count). The summed E-state index contributed by atoms with van der Waals surface area (Å²) in [6, 6.07) is 15.2. The van der Waals surface area contributed by atoms with Crippen LogP contribution in [0.15, 0.2) is 48.5 Å². The number of fused-ring (bicyclic) bond motifs is 3. The molecule has 2 amide bonds. The third-order valence-electron chi connectivity index (χ3n) is 7.05. The summed E-state index contributed by atoms with van der Waals surface area (Å²) in [6.07, 6.45) is -0.128. The zero-order chi connectivity index (χ0) is 24.5. The highest BCUT2D eigenvalue weighted by molar-refractivity contribution is 5.88. The average Bonchev–Trinajstić information content (AvgIpc) is 3.40. The number of aliphatic hydroxyl groups is 1. The maximum Gasteiger partial charge on any atom is 0.407 e. The van der Waals surface area contributed by atoms with E-state index in [1.807, 2.05) is 50.2 Å². The fourth-order valence-electron chi connectivity index (χ4n) is 4.80. The Hall–Kier alpha value is -3.39. The number of β-amino-alcohol motifs (C(OH)–C–C–N with tert-alkyl or cyclic N) is 1. The molecule has 0 radical (unpaired) electrons. The van der Waals surface area contributed by atoms with Crippen LogP contribution in [0.25, 0.3) is 11.1 Å². The van der Waals surface area contributed by atoms with E-state index in [0.717, 1.165) is 22.3 Å². The molecule has 1 aliphatic heterocycles. The van der Waals surface area contributed by atoms with Gasteiger partial charge in [0.25, 0.3) is 0 Å². The Balaban J connectivity index is 1.43. The van der Waals surface area contributed by atoms with Gasteiger partial charge in [0.05, 0.1) is 6.54 Å². The van der Waals surface area contributed by atoms with E-state index >= 15 is 0 Å². The fourth-order valence-corrected chi connectivity index (χ4v) is 4.80. The SMILES string of the molecule is CCC(C)C(NC(=O)OCC1c2ccccc2-c2ccccc21)C(=O)N1CCC(O)(C(=O)O)C1. The molecular formula is C26H30N2O6. The molecule has 2 aliphatic rings. The second-order valence-corrected chi connectivity index (χ2v) is 9.18. The molecule has 0 saturated carbocycles. The molecule has 180 valence electrons. The van der Waals surface area contributed by atoms with Crippen LogP contribution < -0.4 is 5.32 Å². The molecule has 3 N–H and O–H groups in total. The Kier molecular flexibility index (Phi) is 6.61. The van der Waals surface area contributed by atoms with Crippen molar-refractivity contribution in [1.82, 2.24) is 10.2 Å². The first-order chi connectivity index (χ1) is 16.2. The van der Waals surface area contributed by atoms with Crippen molar-refractivity contribution in [3.05, 3.63) is 59.7 Å². The number of nitrogens with zero attached hydrogens (tertiary/aromatic N) is 1. The first-order valence-electron chi connectivity index (χ1n) is 11.6. The topological polar surface area (TPSA) is 116 Å². The van der Waals surface area contributed by atoms with E-state index in [9.17, 15) is 24.6 Å². The lowest BCUT2D eigenvalue weighted by atomic mass is 9.97. The van der Waals surface area contributed by atoms with Crippen molar-refractivity contribution in [2.75, 3.05) is 19.7 Å². The second kappa shape index (κ2) is 9.46. The number of carbonyl (C=O) groups excluding carboxylic acids is 2. The van der Waals surface area contributed by atoms with Gasteiger partial charge in [-0.25, -0.2) is 9.59 Å². The van der Waals surface area contributed by atoms with Gasteiger partial charge in [-0.2, -0.15) is 0 Å². The van der Waals surface area contributed by atoms with Gasteiger partial charge in [0.2, 0.25) is 5.91 Å². The number of benzene rings is 2. The lowest BCUT2D eigenvalue weighted by molar-refractivity contribution is -0.157. The minimum Gasteiger partial charge on any atom is -0.479 e. The Morgan fingerprint density at radius 2 is 1.71 bits per heavy atom. The number of aliphatic carboxylic acids is 1. The van der Waals surface area contributed by atoms with Crippen molar-refractivity contribution >= 4 is 18.0 Å². The van der Waals surface area contributed by atoms with Crippen LogP contribution in [0.5, 0.6) is 0 Å². The van der Waals surface area contributed by atoms with E-state index in [1.165, 1.54) is 4.90 Å². The Bertz CT molecular complexity index is 1060. The number of carboxylic acids is 1. The molecule has 2 aromatic carbocycles. The zero-order valence-electron chi connectivity index (χ0n) is 19.4. The predicted octanol–water partition coefficient (Wildman–Crippen LogP) is 2.99. The summed E-state index contributed by atoms with van der Waals surface area (Å²) in [5.41, 5.74) is 2.48. The molecule has 0 aromatic heterocycles. The highest BCUT2D eigenvalue weighted by Crippen LogP contribution is 2.44. The number of carbonyl (C=O) groups is 3. The largest absolute Gasteiger partial charge is 0.479 e. The monoisotopic (exact) mass is 466 g/mol. The van der Waals surface area contributed by atoms with E-state index < -0.39 is 29.6 Å². The van der Waals surface area contributed by atoms with Gasteiger partial charge in [-0.1, -0.05) is 68.8 Å². The number of ether oxygens (including phenoxy) is 1. The van der Waals surface area contributed by atoms with E-state index in [4.69, 9.17) is 4.74 Å². The number of hydrogen-bond acceptors (Lipinski definition) is 5. The summed E-state index contributed by atoms with van der Waals surface area (Å²) < 4.78 is 5.59. The van der Waals surface area contributed by atoms with Gasteiger partial charge in [0, 0.05) is 18.9 Å². The second-order valence-electron chi connectivity index (χ2n) is 9.18. The number of amides is 2. The van der Waals surface area contributed by atoms with Gasteiger partial charge < -0.3 is 25.2 Å². The standard InChI is InChI=1S/C26H30N2O6/c1-3-16(2)22(23(29)28-13-12-26(33,15-28)24(30)31)27-25(32)34-14-21-19-10-6-4-8-17(19)18-9-5-7-11-20(18)21/h4-11,16,21-22,33H,3,12-15H2,1-2H3,(H,27,32)(H,30,31). The number of nitrogens with one attached hydrogen (secondary N) is 1. The van der Waals surface area contributed by atoms with Crippen molar-refractivity contribution < 1.29 is 29.3 Å². The molecule has 0 spiro atoms. The summed E-state index contributed by atoms with van der Waals surface area (Å²) in [7, 11) is 0. The van der Waals surface area contributed by atoms with E-state index in [2.05, 4.69) is 17.4 Å². The van der Waals surface area contributed by atoms with Gasteiger partial charge in [-0.15, -0.1) is 0 Å². The molecular weight excluding hydrogens is 436 g/mol. The van der Waals surface area contributed by atoms with Crippen LogP contribution in [-0.4, -0.2) is 64.4 Å². The summed E-state index contributed by atoms with van der Waals surface area (Å²) >= 11 is 0. The fraction of sp³-hybridized carbons (Fsp3) is 0.423. The Morgan fingerprint density at radius 1 is 1.12 bits per heavy atom. The highest BCUT2D eigenvalue weighted by atomic mass is 16.5. The molecule has 8 heteroatoms. The minimum atomic E-state index is -1.96. The number of carboxylic acid groups (broad SMARTS) is 1. The van der Waals surface area contributed by atoms with Crippen LogP contribution >= 0.6 is 0 Å². The lowest BCUT2D eigenvalue weighted by Crippen LogP contribution is -2.52. The first-order valence-corrected chi connectivity index (χ1v) is 11.6. The van der Waals surface area contributed by atoms with E-state index in [1.54, 1.807) is 0 Å². The smallest absolute Gasteiger partial charge is 0.407 e. The summed E-state index contributed by atoms with van der Waals surface area (Å²) in [4.78, 5) is 38.5. The molecule has 3 atom stereocenters. The third kappa shape index (κ3) is 4.37. The van der Waals surface area contributed by atoms with Gasteiger partial charge in [-0.3, -0.25) is 4.79 Å². The van der Waals surface area contributed by atoms with Gasteiger partial charge in [-0.05, 0) is 28.2 Å². The van der Waals surface area contributed by atoms with Crippen LogP contribution in [0.3, 0.4) is 0 Å². The van der Waals surface area contributed by atoms with Gasteiger partial charge in [0.15, 0.2) is 5.60 Å². The van der Waals surface area contributed by atoms with Crippen LogP contribution in [0.4, 0.5) is 4.79 Å². The number of hydrogen-bond donors (Lipinski definition) is 3. The molecule has 1 fully saturated rings. The molecule has 3 unspecified atom stereocenters. The number of alkyl carbamates (subject to hydrolysis) is 1. The van der Waals surface area contributed by atoms with Crippen LogP contribution in [0, 0.1) is 5.92 Å². The van der Waals surface area contributed by atoms with Gasteiger partial charge >= 0.3 is 12.1 Å². The normalized spacial score (nSPS) is 20.9. The van der Waals surface area contributed by atoms with Gasteiger partial charge in [0.1, 0.15) is 12.6 Å². The van der Waals surface area contributed by atoms with Crippen molar-refractivity contribution in [3.8, 4) is 11.1 Å². The average molecular weight is 467 g/mol. The minimum absolute atomic E-state index is 0.0494. The zero-order valence-corrected chi connectivity index (χ0v) is 19.4. The summed E-state index contributed by atoms with van der Waals surface area (Å²) in [6.45, 7) is 3.68. The molecule has 8 nitrogen and oxygen atoms in total. The summed E-state index contributed by atoms with van der Waals surface area (Å²) in [5.74, 6) is -2.07. The maximum atomic E-state index is 13.1. The lowest BCUT2D eigenvalue weighted by Gasteiger charge is -2.28. The molecule has 34 heavy (non-hydrogen) atoms. The quantitative estimate of drug-likeness (QED) is 0.578. The molecule has 1 heterocycles. The van der Waals surface area contributed by atoms with Crippen molar-refractivity contribution in [3.63, 3.8) is 0 Å². The third-order valence-corrected chi connectivity index (χ3v) is 7.05. The van der Waals surface area contributed by atoms with E-state index in [0.29, 0.717) is 6.42 Å². The molecule has 2 aromatic rings. The predicted molar refractivity (Wildman–Crippen MR) is 125 cm³/mol. The maximum absolute atomic E-state index is 13.1. The highest BCUT2D eigenvalue weighted by Gasteiger charge is 2.46. The number of rotatable bonds is 7. The Morgan fingerprint density at radius 3 is 2.24 bits per heavy atom. The Labute approximate surface area is 198 Å². The number of likely N-dealkylation sites (tertiary alicyclic amines) is 1. The molecule has 0 bridgehead atoms. The van der Waals surface area contributed by atoms with Crippen molar-refractivity contribution in [2.24, 2.45) is 5.92 Å². The van der Waals surface area contributed by atoms with Crippen LogP contribution in [0.1, 0.15) is 43.7 Å². The molecule has 1 aliphatic carbocycles. The first kappa shape index (κ1) is 23.8. The van der Waals surface area contributed by atoms with E-state index in [-0.39, 0.29) is 38.0 Å². The van der Waals surface area contributed by atoms with Crippen LogP contribution in [0.2, 0.25) is 0 Å². The summed E-state index contributed by atoms with van der Waals surface area (Å²) in [5, 5.41) is 22.1. The molecule has 1 saturated heterocycles.